The quantitative estimate of drug-likeness (QED) is 0.702. The summed E-state index contributed by atoms with van der Waals surface area (Å²) in [7, 11) is 0. The zero-order valence-corrected chi connectivity index (χ0v) is 17.5. The molecule has 0 aliphatic carbocycles. The van der Waals surface area contributed by atoms with Gasteiger partial charge in [-0.2, -0.15) is 0 Å². The van der Waals surface area contributed by atoms with Crippen molar-refractivity contribution in [1.82, 2.24) is 4.90 Å². The Morgan fingerprint density at radius 1 is 1.00 bits per heavy atom. The summed E-state index contributed by atoms with van der Waals surface area (Å²) in [6.45, 7) is 5.83. The van der Waals surface area contributed by atoms with Gasteiger partial charge in [-0.25, -0.2) is 0 Å². The van der Waals surface area contributed by atoms with E-state index in [-0.39, 0.29) is 11.9 Å². The summed E-state index contributed by atoms with van der Waals surface area (Å²) < 4.78 is 0. The lowest BCUT2D eigenvalue weighted by Gasteiger charge is -2.36. The zero-order chi connectivity index (χ0) is 20.2. The number of quaternary nitrogens is 1. The second-order valence-electron chi connectivity index (χ2n) is 7.64. The van der Waals surface area contributed by atoms with Gasteiger partial charge in [-0.15, -0.1) is 0 Å². The van der Waals surface area contributed by atoms with Crippen LogP contribution >= 0.6 is 11.6 Å². The van der Waals surface area contributed by atoms with E-state index in [1.54, 1.807) is 0 Å². The Morgan fingerprint density at radius 3 is 2.52 bits per heavy atom. The zero-order valence-electron chi connectivity index (χ0n) is 16.7. The Morgan fingerprint density at radius 2 is 1.72 bits per heavy atom. The van der Waals surface area contributed by atoms with Crippen LogP contribution in [0.1, 0.15) is 18.5 Å². The standard InChI is InChI=1S/C24H26ClN3O/c1-18(22-11-4-7-19-6-2-3-10-23(19)22)26-17-24(29)28-14-12-27(13-15-28)21-9-5-8-20(25)16-21/h2-11,16,18,26H,12-15,17H2,1H3/p+1/t18-/m1/s1. The van der Waals surface area contributed by atoms with Gasteiger partial charge in [0.2, 0.25) is 0 Å². The molecular formula is C24H27ClN3O+. The summed E-state index contributed by atoms with van der Waals surface area (Å²) in [4.78, 5) is 17.0. The van der Waals surface area contributed by atoms with Crippen LogP contribution in [-0.2, 0) is 4.79 Å². The topological polar surface area (TPSA) is 40.2 Å². The molecular weight excluding hydrogens is 382 g/mol. The van der Waals surface area contributed by atoms with Gasteiger partial charge in [0.25, 0.3) is 5.91 Å². The van der Waals surface area contributed by atoms with E-state index in [4.69, 9.17) is 11.6 Å². The molecule has 5 heteroatoms. The molecule has 1 saturated heterocycles. The van der Waals surface area contributed by atoms with E-state index in [0.717, 1.165) is 36.9 Å². The van der Waals surface area contributed by atoms with Crippen LogP contribution in [0.2, 0.25) is 5.02 Å². The number of carbonyl (C=O) groups is 1. The monoisotopic (exact) mass is 408 g/mol. The second-order valence-corrected chi connectivity index (χ2v) is 8.08. The normalized spacial score (nSPS) is 15.5. The van der Waals surface area contributed by atoms with Gasteiger partial charge in [-0.05, 0) is 35.9 Å². The van der Waals surface area contributed by atoms with Gasteiger partial charge in [0.1, 0.15) is 6.04 Å². The Balaban J connectivity index is 1.32. The number of fused-ring (bicyclic) bond motifs is 1. The van der Waals surface area contributed by atoms with E-state index in [0.29, 0.717) is 6.54 Å². The fraction of sp³-hybridized carbons (Fsp3) is 0.292. The van der Waals surface area contributed by atoms with Gasteiger partial charge < -0.3 is 15.1 Å². The molecule has 3 aromatic rings. The lowest BCUT2D eigenvalue weighted by atomic mass is 10.00. The van der Waals surface area contributed by atoms with Crippen LogP contribution in [0.25, 0.3) is 10.8 Å². The number of anilines is 1. The SMILES string of the molecule is C[C@@H]([NH2+]CC(=O)N1CCN(c2cccc(Cl)c2)CC1)c1cccc2ccccc12. The largest absolute Gasteiger partial charge is 0.368 e. The number of piperazine rings is 1. The van der Waals surface area contributed by atoms with Gasteiger partial charge in [-0.3, -0.25) is 4.79 Å². The van der Waals surface area contributed by atoms with Gasteiger partial charge in [0, 0.05) is 42.5 Å². The number of hydrogen-bond donors (Lipinski definition) is 1. The first-order valence-corrected chi connectivity index (χ1v) is 10.6. The van der Waals surface area contributed by atoms with Crippen molar-refractivity contribution in [2.24, 2.45) is 0 Å². The van der Waals surface area contributed by atoms with Crippen LogP contribution in [0.5, 0.6) is 0 Å². The van der Waals surface area contributed by atoms with Crippen LogP contribution in [0.4, 0.5) is 5.69 Å². The average molecular weight is 409 g/mol. The first-order chi connectivity index (χ1) is 14.1. The fourth-order valence-electron chi connectivity index (χ4n) is 4.07. The van der Waals surface area contributed by atoms with Gasteiger partial charge in [0.05, 0.1) is 0 Å². The number of rotatable bonds is 5. The second kappa shape index (κ2) is 8.85. The van der Waals surface area contributed by atoms with E-state index >= 15 is 0 Å². The van der Waals surface area contributed by atoms with Crippen LogP contribution in [0.3, 0.4) is 0 Å². The van der Waals surface area contributed by atoms with Gasteiger partial charge >= 0.3 is 0 Å². The Bertz CT molecular complexity index is 993. The molecule has 3 aromatic carbocycles. The number of nitrogens with zero attached hydrogens (tertiary/aromatic N) is 2. The maximum Gasteiger partial charge on any atom is 0.277 e. The maximum absolute atomic E-state index is 12.7. The van der Waals surface area contributed by atoms with E-state index in [1.807, 2.05) is 23.1 Å². The van der Waals surface area contributed by atoms with Crippen molar-refractivity contribution in [3.63, 3.8) is 0 Å². The number of nitrogens with two attached hydrogens (primary N) is 1. The molecule has 150 valence electrons. The van der Waals surface area contributed by atoms with E-state index < -0.39 is 0 Å². The molecule has 1 amide bonds. The van der Waals surface area contributed by atoms with Crippen molar-refractivity contribution in [3.8, 4) is 0 Å². The minimum atomic E-state index is 0.211. The van der Waals surface area contributed by atoms with Crippen molar-refractivity contribution < 1.29 is 10.1 Å². The molecule has 0 bridgehead atoms. The Hall–Kier alpha value is -2.56. The fourth-order valence-corrected chi connectivity index (χ4v) is 4.25. The molecule has 1 fully saturated rings. The summed E-state index contributed by atoms with van der Waals surface area (Å²) in [6.07, 6.45) is 0. The third-order valence-electron chi connectivity index (χ3n) is 5.77. The number of halogens is 1. The highest BCUT2D eigenvalue weighted by atomic mass is 35.5. The minimum absolute atomic E-state index is 0.211. The van der Waals surface area contributed by atoms with Crippen LogP contribution in [0, 0.1) is 0 Å². The molecule has 2 N–H and O–H groups in total. The molecule has 4 nitrogen and oxygen atoms in total. The molecule has 1 aliphatic rings. The predicted molar refractivity (Wildman–Crippen MR) is 119 cm³/mol. The predicted octanol–water partition coefficient (Wildman–Crippen LogP) is 3.47. The molecule has 1 atom stereocenters. The van der Waals surface area contributed by atoms with Crippen LogP contribution < -0.4 is 10.2 Å². The van der Waals surface area contributed by atoms with Crippen molar-refractivity contribution in [1.29, 1.82) is 0 Å². The van der Waals surface area contributed by atoms with E-state index in [9.17, 15) is 4.79 Å². The summed E-state index contributed by atoms with van der Waals surface area (Å²) >= 11 is 6.11. The molecule has 1 heterocycles. The number of carbonyl (C=O) groups excluding carboxylic acids is 1. The Labute approximate surface area is 177 Å². The molecule has 0 saturated carbocycles. The number of benzene rings is 3. The van der Waals surface area contributed by atoms with Crippen molar-refractivity contribution >= 4 is 34.0 Å². The van der Waals surface area contributed by atoms with Crippen molar-refractivity contribution in [2.75, 3.05) is 37.6 Å². The maximum atomic E-state index is 12.7. The molecule has 0 radical (unpaired) electrons. The third-order valence-corrected chi connectivity index (χ3v) is 6.00. The minimum Gasteiger partial charge on any atom is -0.368 e. The smallest absolute Gasteiger partial charge is 0.277 e. The summed E-state index contributed by atoms with van der Waals surface area (Å²) in [5.74, 6) is 0.211. The van der Waals surface area contributed by atoms with E-state index in [2.05, 4.69) is 65.7 Å². The van der Waals surface area contributed by atoms with Gasteiger partial charge in [0.15, 0.2) is 6.54 Å². The molecule has 29 heavy (non-hydrogen) atoms. The Kier molecular flexibility index (Phi) is 6.02. The van der Waals surface area contributed by atoms with Crippen LogP contribution in [-0.4, -0.2) is 43.5 Å². The van der Waals surface area contributed by atoms with Crippen molar-refractivity contribution in [3.05, 3.63) is 77.3 Å². The molecule has 0 unspecified atom stereocenters. The third kappa shape index (κ3) is 4.55. The molecule has 4 rings (SSSR count). The van der Waals surface area contributed by atoms with Crippen molar-refractivity contribution in [2.45, 2.75) is 13.0 Å². The highest BCUT2D eigenvalue weighted by Crippen LogP contribution is 2.22. The number of amides is 1. The lowest BCUT2D eigenvalue weighted by molar-refractivity contribution is -0.682. The van der Waals surface area contributed by atoms with E-state index in [1.165, 1.54) is 16.3 Å². The first kappa shape index (κ1) is 19.7. The molecule has 0 spiro atoms. The van der Waals surface area contributed by atoms with Crippen LogP contribution in [0.15, 0.2) is 66.7 Å². The highest BCUT2D eigenvalue weighted by molar-refractivity contribution is 6.30. The summed E-state index contributed by atoms with van der Waals surface area (Å²) in [5.41, 5.74) is 2.41. The lowest BCUT2D eigenvalue weighted by Crippen LogP contribution is -2.87. The summed E-state index contributed by atoms with van der Waals surface area (Å²) in [5, 5.41) is 5.40. The number of hydrogen-bond acceptors (Lipinski definition) is 2. The molecule has 1 aliphatic heterocycles. The first-order valence-electron chi connectivity index (χ1n) is 10.2. The summed E-state index contributed by atoms with van der Waals surface area (Å²) in [6, 6.07) is 23.0. The average Bonchev–Trinajstić information content (AvgIpc) is 2.77. The van der Waals surface area contributed by atoms with Gasteiger partial charge in [-0.1, -0.05) is 60.1 Å². The highest BCUT2D eigenvalue weighted by Gasteiger charge is 2.23. The molecule has 0 aromatic heterocycles.